The van der Waals surface area contributed by atoms with Crippen LogP contribution < -0.4 is 0 Å². The molecule has 1 aromatic rings. The molecule has 0 aliphatic carbocycles. The Balaban J connectivity index is 1.43. The number of amides is 1. The van der Waals surface area contributed by atoms with Gasteiger partial charge < -0.3 is 19.5 Å². The van der Waals surface area contributed by atoms with Crippen molar-refractivity contribution in [3.63, 3.8) is 0 Å². The van der Waals surface area contributed by atoms with Gasteiger partial charge in [0.25, 0.3) is 5.91 Å². The summed E-state index contributed by atoms with van der Waals surface area (Å²) in [5.41, 5.74) is 0.761. The second kappa shape index (κ2) is 11.8. The van der Waals surface area contributed by atoms with Crippen molar-refractivity contribution in [1.82, 2.24) is 14.7 Å². The van der Waals surface area contributed by atoms with Gasteiger partial charge in [-0.2, -0.15) is 0 Å². The van der Waals surface area contributed by atoms with Crippen LogP contribution in [0.5, 0.6) is 0 Å². The number of ether oxygens (including phenoxy) is 2. The SMILES string of the molecule is CC(C)OCC(O)CN1CCOC(CN2CCCN(C(=O)c3ccccc3)CC2)C1. The number of rotatable bonds is 8. The summed E-state index contributed by atoms with van der Waals surface area (Å²) >= 11 is 0. The predicted octanol–water partition coefficient (Wildman–Crippen LogP) is 1.32. The minimum atomic E-state index is -0.470. The fourth-order valence-electron chi connectivity index (χ4n) is 4.12. The lowest BCUT2D eigenvalue weighted by molar-refractivity contribution is -0.0644. The Morgan fingerprint density at radius 3 is 2.70 bits per heavy atom. The molecule has 2 saturated heterocycles. The maximum absolute atomic E-state index is 12.7. The van der Waals surface area contributed by atoms with E-state index >= 15 is 0 Å². The highest BCUT2D eigenvalue weighted by Gasteiger charge is 2.26. The molecule has 0 spiro atoms. The molecule has 168 valence electrons. The second-order valence-electron chi connectivity index (χ2n) is 8.60. The molecule has 2 aliphatic heterocycles. The molecule has 1 amide bonds. The number of nitrogens with zero attached hydrogens (tertiary/aromatic N) is 3. The zero-order chi connectivity index (χ0) is 21.3. The number of morpholine rings is 1. The van der Waals surface area contributed by atoms with Crippen molar-refractivity contribution in [3.8, 4) is 0 Å². The Bertz CT molecular complexity index is 643. The van der Waals surface area contributed by atoms with E-state index < -0.39 is 6.10 Å². The summed E-state index contributed by atoms with van der Waals surface area (Å²) in [5, 5.41) is 10.2. The van der Waals surface area contributed by atoms with Gasteiger partial charge in [-0.15, -0.1) is 0 Å². The molecular formula is C23H37N3O4. The zero-order valence-corrected chi connectivity index (χ0v) is 18.4. The molecular weight excluding hydrogens is 382 g/mol. The lowest BCUT2D eigenvalue weighted by Crippen LogP contribution is -2.50. The van der Waals surface area contributed by atoms with Crippen LogP contribution in [0.4, 0.5) is 0 Å². The minimum Gasteiger partial charge on any atom is -0.389 e. The summed E-state index contributed by atoms with van der Waals surface area (Å²) in [6.45, 7) is 11.5. The molecule has 0 bridgehead atoms. The first-order valence-electron chi connectivity index (χ1n) is 11.2. The van der Waals surface area contributed by atoms with Crippen molar-refractivity contribution in [2.45, 2.75) is 38.6 Å². The van der Waals surface area contributed by atoms with E-state index in [1.165, 1.54) is 0 Å². The van der Waals surface area contributed by atoms with Gasteiger partial charge in [0.15, 0.2) is 0 Å². The van der Waals surface area contributed by atoms with Gasteiger partial charge in [-0.1, -0.05) is 18.2 Å². The number of aliphatic hydroxyl groups is 1. The average Bonchev–Trinajstić information content (AvgIpc) is 2.98. The lowest BCUT2D eigenvalue weighted by atomic mass is 10.2. The van der Waals surface area contributed by atoms with Crippen LogP contribution in [0.1, 0.15) is 30.6 Å². The second-order valence-corrected chi connectivity index (χ2v) is 8.60. The summed E-state index contributed by atoms with van der Waals surface area (Å²) < 4.78 is 11.5. The van der Waals surface area contributed by atoms with E-state index in [9.17, 15) is 9.90 Å². The van der Waals surface area contributed by atoms with Crippen LogP contribution in [0.15, 0.2) is 30.3 Å². The van der Waals surface area contributed by atoms with Gasteiger partial charge in [-0.25, -0.2) is 0 Å². The molecule has 0 aromatic heterocycles. The van der Waals surface area contributed by atoms with Crippen LogP contribution in [0.3, 0.4) is 0 Å². The fraction of sp³-hybridized carbons (Fsp3) is 0.696. The highest BCUT2D eigenvalue weighted by atomic mass is 16.5. The fourth-order valence-corrected chi connectivity index (χ4v) is 4.12. The van der Waals surface area contributed by atoms with Crippen LogP contribution in [-0.2, 0) is 9.47 Å². The van der Waals surface area contributed by atoms with Crippen LogP contribution in [-0.4, -0.2) is 110 Å². The van der Waals surface area contributed by atoms with Crippen molar-refractivity contribution >= 4 is 5.91 Å². The maximum Gasteiger partial charge on any atom is 0.253 e. The van der Waals surface area contributed by atoms with Crippen molar-refractivity contribution in [1.29, 1.82) is 0 Å². The van der Waals surface area contributed by atoms with Gasteiger partial charge in [0.1, 0.15) is 0 Å². The standard InChI is InChI=1S/C23H37N3O4/c1-19(2)30-18-21(27)15-25-13-14-29-22(17-25)16-24-9-6-10-26(12-11-24)23(28)20-7-4-3-5-8-20/h3-5,7-8,19,21-22,27H,6,9-18H2,1-2H3. The van der Waals surface area contributed by atoms with Crippen LogP contribution >= 0.6 is 0 Å². The van der Waals surface area contributed by atoms with Gasteiger partial charge in [0.05, 0.1) is 31.5 Å². The molecule has 2 heterocycles. The van der Waals surface area contributed by atoms with E-state index in [4.69, 9.17) is 9.47 Å². The van der Waals surface area contributed by atoms with Gasteiger partial charge in [0.2, 0.25) is 0 Å². The molecule has 2 unspecified atom stereocenters. The van der Waals surface area contributed by atoms with E-state index in [1.807, 2.05) is 49.1 Å². The third-order valence-corrected chi connectivity index (χ3v) is 5.67. The largest absolute Gasteiger partial charge is 0.389 e. The van der Waals surface area contributed by atoms with Crippen LogP contribution in [0.2, 0.25) is 0 Å². The summed E-state index contributed by atoms with van der Waals surface area (Å²) in [6, 6.07) is 9.53. The van der Waals surface area contributed by atoms with Crippen LogP contribution in [0.25, 0.3) is 0 Å². The topological polar surface area (TPSA) is 65.5 Å². The molecule has 2 atom stereocenters. The highest BCUT2D eigenvalue weighted by molar-refractivity contribution is 5.94. The number of carbonyl (C=O) groups is 1. The van der Waals surface area contributed by atoms with Crippen LogP contribution in [0, 0.1) is 0 Å². The van der Waals surface area contributed by atoms with Crippen molar-refractivity contribution in [2.24, 2.45) is 0 Å². The monoisotopic (exact) mass is 419 g/mol. The number of β-amino-alcohol motifs (C(OH)–C–C–N with tert-alkyl or cyclic N) is 1. The van der Waals surface area contributed by atoms with E-state index in [-0.39, 0.29) is 18.1 Å². The van der Waals surface area contributed by atoms with Gasteiger partial charge in [-0.05, 0) is 38.9 Å². The highest BCUT2D eigenvalue weighted by Crippen LogP contribution is 2.13. The Morgan fingerprint density at radius 2 is 1.93 bits per heavy atom. The Morgan fingerprint density at radius 1 is 1.13 bits per heavy atom. The molecule has 2 aliphatic rings. The summed E-state index contributed by atoms with van der Waals surface area (Å²) in [4.78, 5) is 19.4. The van der Waals surface area contributed by atoms with E-state index in [2.05, 4.69) is 9.80 Å². The number of hydrogen-bond donors (Lipinski definition) is 1. The number of benzene rings is 1. The first-order valence-corrected chi connectivity index (χ1v) is 11.2. The number of hydrogen-bond acceptors (Lipinski definition) is 6. The summed E-state index contributed by atoms with van der Waals surface area (Å²) in [7, 11) is 0. The molecule has 1 N–H and O–H groups in total. The molecule has 0 radical (unpaired) electrons. The van der Waals surface area contributed by atoms with E-state index in [0.29, 0.717) is 19.8 Å². The molecule has 2 fully saturated rings. The average molecular weight is 420 g/mol. The van der Waals surface area contributed by atoms with Gasteiger partial charge in [-0.3, -0.25) is 14.6 Å². The normalized spacial score (nSPS) is 22.8. The van der Waals surface area contributed by atoms with Gasteiger partial charge in [0, 0.05) is 51.4 Å². The van der Waals surface area contributed by atoms with Crippen molar-refractivity contribution < 1.29 is 19.4 Å². The van der Waals surface area contributed by atoms with E-state index in [1.54, 1.807) is 0 Å². The lowest BCUT2D eigenvalue weighted by Gasteiger charge is -2.36. The quantitative estimate of drug-likeness (QED) is 0.686. The predicted molar refractivity (Wildman–Crippen MR) is 117 cm³/mol. The first kappa shape index (κ1) is 23.2. The number of carbonyl (C=O) groups excluding carboxylic acids is 1. The van der Waals surface area contributed by atoms with Gasteiger partial charge >= 0.3 is 0 Å². The Labute approximate surface area is 180 Å². The summed E-state index contributed by atoms with van der Waals surface area (Å²) in [5.74, 6) is 0.121. The smallest absolute Gasteiger partial charge is 0.253 e. The molecule has 1 aromatic carbocycles. The summed E-state index contributed by atoms with van der Waals surface area (Å²) in [6.07, 6.45) is 0.768. The van der Waals surface area contributed by atoms with Crippen molar-refractivity contribution in [2.75, 3.05) is 65.6 Å². The van der Waals surface area contributed by atoms with Crippen molar-refractivity contribution in [3.05, 3.63) is 35.9 Å². The Kier molecular flexibility index (Phi) is 9.08. The zero-order valence-electron chi connectivity index (χ0n) is 18.4. The molecule has 0 saturated carbocycles. The first-order chi connectivity index (χ1) is 14.5. The number of aliphatic hydroxyl groups excluding tert-OH is 1. The third kappa shape index (κ3) is 7.32. The maximum atomic E-state index is 12.7. The third-order valence-electron chi connectivity index (χ3n) is 5.67. The molecule has 7 nitrogen and oxygen atoms in total. The Hall–Kier alpha value is -1.51. The molecule has 3 rings (SSSR count). The molecule has 7 heteroatoms. The molecule has 30 heavy (non-hydrogen) atoms. The minimum absolute atomic E-state index is 0.121. The van der Waals surface area contributed by atoms with E-state index in [0.717, 1.165) is 57.8 Å².